The van der Waals surface area contributed by atoms with Gasteiger partial charge in [-0.15, -0.1) is 0 Å². The Bertz CT molecular complexity index is 1040. The molecule has 1 unspecified atom stereocenters. The number of carbonyl (C=O) groups excluding carboxylic acids is 3. The molecule has 2 aromatic rings. The third-order valence-corrected chi connectivity index (χ3v) is 6.01. The van der Waals surface area contributed by atoms with Crippen LogP contribution in [0, 0.1) is 0 Å². The van der Waals surface area contributed by atoms with Gasteiger partial charge in [-0.2, -0.15) is 0 Å². The summed E-state index contributed by atoms with van der Waals surface area (Å²) in [4.78, 5) is 38.5. The van der Waals surface area contributed by atoms with Crippen molar-refractivity contribution in [1.29, 1.82) is 0 Å². The summed E-state index contributed by atoms with van der Waals surface area (Å²) in [6.07, 6.45) is 0.681. The van der Waals surface area contributed by atoms with Crippen molar-refractivity contribution in [1.82, 2.24) is 10.2 Å². The predicted octanol–water partition coefficient (Wildman–Crippen LogP) is 3.80. The summed E-state index contributed by atoms with van der Waals surface area (Å²) in [5.41, 5.74) is 3.72. The molecule has 1 atom stereocenters. The number of nitrogens with one attached hydrogen (secondary N) is 1. The lowest BCUT2D eigenvalue weighted by molar-refractivity contribution is -0.133. The van der Waals surface area contributed by atoms with Crippen molar-refractivity contribution >= 4 is 17.5 Å². The number of ether oxygens (including phenoxy) is 1. The molecule has 1 aliphatic carbocycles. The summed E-state index contributed by atoms with van der Waals surface area (Å²) in [5.74, 6) is 0.301. The lowest BCUT2D eigenvalue weighted by atomic mass is 9.92. The summed E-state index contributed by atoms with van der Waals surface area (Å²) < 4.78 is 6.08. The van der Waals surface area contributed by atoms with Crippen molar-refractivity contribution < 1.29 is 19.1 Å². The summed E-state index contributed by atoms with van der Waals surface area (Å²) >= 11 is 0. The zero-order valence-corrected chi connectivity index (χ0v) is 18.9. The van der Waals surface area contributed by atoms with Crippen molar-refractivity contribution in [3.8, 4) is 5.75 Å². The molecule has 0 spiro atoms. The molecule has 6 heteroatoms. The topological polar surface area (TPSA) is 75.7 Å². The van der Waals surface area contributed by atoms with E-state index in [-0.39, 0.29) is 29.4 Å². The maximum atomic E-state index is 12.9. The summed E-state index contributed by atoms with van der Waals surface area (Å²) in [6.45, 7) is 7.97. The lowest BCUT2D eigenvalue weighted by Crippen LogP contribution is -2.44. The van der Waals surface area contributed by atoms with E-state index >= 15 is 0 Å². The van der Waals surface area contributed by atoms with E-state index in [2.05, 4.69) is 50.4 Å². The van der Waals surface area contributed by atoms with Gasteiger partial charge in [-0.05, 0) is 50.5 Å². The number of hydrogen-bond acceptors (Lipinski definition) is 5. The lowest BCUT2D eigenvalue weighted by Gasteiger charge is -2.29. The molecule has 4 rings (SSSR count). The first-order valence-corrected chi connectivity index (χ1v) is 11.1. The highest BCUT2D eigenvalue weighted by molar-refractivity contribution is 6.07. The number of rotatable bonds is 6. The van der Waals surface area contributed by atoms with Gasteiger partial charge in [0.25, 0.3) is 5.91 Å². The smallest absolute Gasteiger partial charge is 0.255 e. The number of ketones is 2. The first-order valence-electron chi connectivity index (χ1n) is 11.1. The third-order valence-electron chi connectivity index (χ3n) is 6.01. The molecule has 168 valence electrons. The van der Waals surface area contributed by atoms with Crippen LogP contribution in [0.25, 0.3) is 0 Å². The van der Waals surface area contributed by atoms with Crippen LogP contribution in [0.2, 0.25) is 0 Å². The number of fused-ring (bicyclic) bond motifs is 1. The fourth-order valence-electron chi connectivity index (χ4n) is 4.18. The average molecular weight is 435 g/mol. The standard InChI is InChI=1S/C26H30N2O4/c1-26(2,3)27-14-17-7-9-18(10-8-17)16-32-24-6-4-5-20-21(24)15-28(25(20)31)22-12-11-19(29)13-23(22)30/h4-10,22,27H,11-16H2,1-3H3. The van der Waals surface area contributed by atoms with Crippen LogP contribution in [-0.2, 0) is 29.3 Å². The van der Waals surface area contributed by atoms with Crippen LogP contribution in [0.4, 0.5) is 0 Å². The number of amides is 1. The minimum Gasteiger partial charge on any atom is -0.489 e. The summed E-state index contributed by atoms with van der Waals surface area (Å²) in [7, 11) is 0. The Morgan fingerprint density at radius 2 is 1.75 bits per heavy atom. The van der Waals surface area contributed by atoms with Gasteiger partial charge in [-0.3, -0.25) is 14.4 Å². The normalized spacial score (nSPS) is 18.8. The van der Waals surface area contributed by atoms with Gasteiger partial charge in [0, 0.05) is 29.6 Å². The van der Waals surface area contributed by atoms with Crippen molar-refractivity contribution in [2.24, 2.45) is 0 Å². The van der Waals surface area contributed by atoms with E-state index in [0.717, 1.165) is 17.7 Å². The van der Waals surface area contributed by atoms with E-state index in [0.29, 0.717) is 37.3 Å². The second kappa shape index (κ2) is 8.87. The molecule has 1 heterocycles. The Labute approximate surface area is 188 Å². The summed E-state index contributed by atoms with van der Waals surface area (Å²) in [5, 5.41) is 3.47. The van der Waals surface area contributed by atoms with Gasteiger partial charge in [0.1, 0.15) is 18.1 Å². The Hall–Kier alpha value is -2.99. The van der Waals surface area contributed by atoms with E-state index < -0.39 is 6.04 Å². The molecular weight excluding hydrogens is 404 g/mol. The van der Waals surface area contributed by atoms with Crippen molar-refractivity contribution in [3.05, 3.63) is 64.7 Å². The number of benzene rings is 2. The van der Waals surface area contributed by atoms with Gasteiger partial charge in [0.05, 0.1) is 19.0 Å². The second-order valence-corrected chi connectivity index (χ2v) is 9.66. The molecule has 1 amide bonds. The van der Waals surface area contributed by atoms with Crippen LogP contribution in [0.5, 0.6) is 5.75 Å². The van der Waals surface area contributed by atoms with Gasteiger partial charge >= 0.3 is 0 Å². The van der Waals surface area contributed by atoms with E-state index in [4.69, 9.17) is 4.74 Å². The molecule has 0 saturated heterocycles. The van der Waals surface area contributed by atoms with Crippen molar-refractivity contribution in [2.45, 2.75) is 71.3 Å². The van der Waals surface area contributed by atoms with E-state index in [1.54, 1.807) is 11.0 Å². The number of Topliss-reactive ketones (excluding diaryl/α,β-unsaturated/α-hetero) is 2. The van der Waals surface area contributed by atoms with Gasteiger partial charge < -0.3 is 15.0 Å². The van der Waals surface area contributed by atoms with Gasteiger partial charge in [-0.1, -0.05) is 30.3 Å². The quantitative estimate of drug-likeness (QED) is 0.700. The third kappa shape index (κ3) is 4.91. The predicted molar refractivity (Wildman–Crippen MR) is 121 cm³/mol. The molecule has 1 aliphatic heterocycles. The molecule has 2 aliphatic rings. The molecule has 0 aromatic heterocycles. The fraction of sp³-hybridized carbons (Fsp3) is 0.423. The Balaban J connectivity index is 1.42. The highest BCUT2D eigenvalue weighted by Crippen LogP contribution is 2.34. The zero-order valence-electron chi connectivity index (χ0n) is 18.9. The van der Waals surface area contributed by atoms with Crippen LogP contribution < -0.4 is 10.1 Å². The molecular formula is C26H30N2O4. The molecule has 6 nitrogen and oxygen atoms in total. The number of hydrogen-bond donors (Lipinski definition) is 1. The first-order chi connectivity index (χ1) is 15.2. The van der Waals surface area contributed by atoms with Gasteiger partial charge in [0.2, 0.25) is 0 Å². The first kappa shape index (κ1) is 22.2. The summed E-state index contributed by atoms with van der Waals surface area (Å²) in [6, 6.07) is 13.2. The minimum absolute atomic E-state index is 0.0420. The average Bonchev–Trinajstić information content (AvgIpc) is 3.08. The van der Waals surface area contributed by atoms with Crippen LogP contribution in [0.1, 0.15) is 67.1 Å². The zero-order chi connectivity index (χ0) is 22.9. The SMILES string of the molecule is CC(C)(C)NCc1ccc(COc2cccc3c2CN(C2CCC(=O)CC2=O)C3=O)cc1. The molecule has 1 saturated carbocycles. The molecule has 1 N–H and O–H groups in total. The molecule has 0 radical (unpaired) electrons. The Morgan fingerprint density at radius 3 is 2.44 bits per heavy atom. The fourth-order valence-corrected chi connectivity index (χ4v) is 4.18. The highest BCUT2D eigenvalue weighted by atomic mass is 16.5. The van der Waals surface area contributed by atoms with E-state index in [9.17, 15) is 14.4 Å². The monoisotopic (exact) mass is 434 g/mol. The largest absolute Gasteiger partial charge is 0.489 e. The van der Waals surface area contributed by atoms with Gasteiger partial charge in [-0.25, -0.2) is 0 Å². The molecule has 1 fully saturated rings. The van der Waals surface area contributed by atoms with Crippen LogP contribution in [0.15, 0.2) is 42.5 Å². The van der Waals surface area contributed by atoms with Crippen molar-refractivity contribution in [2.75, 3.05) is 0 Å². The van der Waals surface area contributed by atoms with Gasteiger partial charge in [0.15, 0.2) is 5.78 Å². The van der Waals surface area contributed by atoms with Crippen LogP contribution in [-0.4, -0.2) is 34.0 Å². The minimum atomic E-state index is -0.519. The van der Waals surface area contributed by atoms with Crippen molar-refractivity contribution in [3.63, 3.8) is 0 Å². The second-order valence-electron chi connectivity index (χ2n) is 9.66. The maximum Gasteiger partial charge on any atom is 0.255 e. The number of nitrogens with zero attached hydrogens (tertiary/aromatic N) is 1. The molecule has 2 aromatic carbocycles. The van der Waals surface area contributed by atoms with Crippen LogP contribution in [0.3, 0.4) is 0 Å². The van der Waals surface area contributed by atoms with E-state index in [1.807, 2.05) is 12.1 Å². The number of carbonyl (C=O) groups is 3. The van der Waals surface area contributed by atoms with Crippen LogP contribution >= 0.6 is 0 Å². The molecule has 32 heavy (non-hydrogen) atoms. The van der Waals surface area contributed by atoms with E-state index in [1.165, 1.54) is 5.56 Å². The maximum absolute atomic E-state index is 12.9. The highest BCUT2D eigenvalue weighted by Gasteiger charge is 2.39. The molecule has 0 bridgehead atoms. The Morgan fingerprint density at radius 1 is 1.03 bits per heavy atom. The Kier molecular flexibility index (Phi) is 6.15.